The zero-order valence-corrected chi connectivity index (χ0v) is 19.9. The Balaban J connectivity index is 1.81. The van der Waals surface area contributed by atoms with Crippen LogP contribution in [-0.4, -0.2) is 37.6 Å². The van der Waals surface area contributed by atoms with Crippen molar-refractivity contribution in [3.05, 3.63) is 76.5 Å². The number of hydrogen-bond acceptors (Lipinski definition) is 6. The molecule has 0 fully saturated rings. The number of methoxy groups -OCH3 is 1. The zero-order valence-electron chi connectivity index (χ0n) is 19.1. The Bertz CT molecular complexity index is 1050. The lowest BCUT2D eigenvalue weighted by atomic mass is 10.1. The second-order valence-electron chi connectivity index (χ2n) is 7.42. The van der Waals surface area contributed by atoms with Gasteiger partial charge in [-0.05, 0) is 48.7 Å². The molecule has 172 valence electrons. The van der Waals surface area contributed by atoms with E-state index in [1.54, 1.807) is 23.3 Å². The first-order chi connectivity index (χ1) is 16.1. The number of hydrogen-bond donors (Lipinski definition) is 0. The zero-order chi connectivity index (χ0) is 23.5. The van der Waals surface area contributed by atoms with Crippen molar-refractivity contribution in [3.63, 3.8) is 0 Å². The van der Waals surface area contributed by atoms with Crippen LogP contribution in [0.3, 0.4) is 0 Å². The predicted molar refractivity (Wildman–Crippen MR) is 132 cm³/mol. The number of amides is 1. The van der Waals surface area contributed by atoms with E-state index in [2.05, 4.69) is 17.0 Å². The lowest BCUT2D eigenvalue weighted by molar-refractivity contribution is -0.120. The van der Waals surface area contributed by atoms with Crippen molar-refractivity contribution in [3.8, 4) is 17.6 Å². The fraction of sp³-hybridized carbons (Fsp3) is 0.308. The van der Waals surface area contributed by atoms with Crippen LogP contribution in [0.15, 0.2) is 66.0 Å². The van der Waals surface area contributed by atoms with Crippen LogP contribution < -0.4 is 14.4 Å². The molecule has 0 saturated heterocycles. The number of anilines is 1. The number of carbonyl (C=O) groups excluding carboxylic acids is 1. The van der Waals surface area contributed by atoms with Gasteiger partial charge in [-0.25, -0.2) is 0 Å². The molecule has 2 aromatic carbocycles. The number of carbonyl (C=O) groups is 1. The van der Waals surface area contributed by atoms with E-state index in [-0.39, 0.29) is 18.9 Å². The molecule has 33 heavy (non-hydrogen) atoms. The van der Waals surface area contributed by atoms with Crippen molar-refractivity contribution in [1.82, 2.24) is 4.90 Å². The summed E-state index contributed by atoms with van der Waals surface area (Å²) >= 11 is 1.67. The fourth-order valence-electron chi connectivity index (χ4n) is 3.59. The molecule has 1 amide bonds. The monoisotopic (exact) mass is 463 g/mol. The third kappa shape index (κ3) is 7.07. The average Bonchev–Trinajstić information content (AvgIpc) is 3.34. The lowest BCUT2D eigenvalue weighted by Crippen LogP contribution is -2.40. The summed E-state index contributed by atoms with van der Waals surface area (Å²) in [5.41, 5.74) is 1.78. The topological polar surface area (TPSA) is 65.8 Å². The Kier molecular flexibility index (Phi) is 9.31. The van der Waals surface area contributed by atoms with Crippen LogP contribution >= 0.6 is 11.3 Å². The molecule has 3 rings (SSSR count). The minimum Gasteiger partial charge on any atom is -0.496 e. The van der Waals surface area contributed by atoms with Crippen molar-refractivity contribution in [2.24, 2.45) is 0 Å². The van der Waals surface area contributed by atoms with E-state index < -0.39 is 0 Å². The van der Waals surface area contributed by atoms with E-state index in [0.29, 0.717) is 26.2 Å². The molecule has 3 aromatic rings. The van der Waals surface area contributed by atoms with Gasteiger partial charge in [0.2, 0.25) is 5.91 Å². The van der Waals surface area contributed by atoms with Crippen LogP contribution in [0, 0.1) is 11.3 Å². The predicted octanol–water partition coefficient (Wildman–Crippen LogP) is 5.10. The van der Waals surface area contributed by atoms with Crippen LogP contribution in [0.2, 0.25) is 0 Å². The number of thiophene rings is 1. The van der Waals surface area contributed by atoms with E-state index in [1.807, 2.05) is 66.9 Å². The first-order valence-corrected chi connectivity index (χ1v) is 11.8. The smallest absolute Gasteiger partial charge is 0.241 e. The van der Waals surface area contributed by atoms with E-state index in [4.69, 9.17) is 14.7 Å². The highest BCUT2D eigenvalue weighted by molar-refractivity contribution is 7.09. The average molecular weight is 464 g/mol. The summed E-state index contributed by atoms with van der Waals surface area (Å²) in [5.74, 6) is 1.50. The minimum absolute atomic E-state index is 0.0548. The molecule has 0 N–H and O–H groups in total. The molecule has 0 unspecified atom stereocenters. The molecular formula is C26H29N3O3S. The summed E-state index contributed by atoms with van der Waals surface area (Å²) in [4.78, 5) is 18.4. The maximum Gasteiger partial charge on any atom is 0.241 e. The molecule has 0 radical (unpaired) electrons. The van der Waals surface area contributed by atoms with Crippen molar-refractivity contribution in [2.45, 2.75) is 26.4 Å². The molecule has 0 aliphatic heterocycles. The molecule has 1 heterocycles. The molecule has 0 bridgehead atoms. The molecule has 0 atom stereocenters. The second kappa shape index (κ2) is 12.6. The summed E-state index contributed by atoms with van der Waals surface area (Å²) in [6, 6.07) is 21.5. The standard InChI is InChI=1S/C26H29N3O3S/c1-3-32-23-13-11-22(12-14-23)29(16-7-15-27)26(30)20-28(19-24-9-6-17-33-24)18-21-8-4-5-10-25(21)31-2/h4-6,8-14,17H,3,7,16,18-20H2,1-2H3. The van der Waals surface area contributed by atoms with Gasteiger partial charge in [0.25, 0.3) is 0 Å². The van der Waals surface area contributed by atoms with Crippen molar-refractivity contribution >= 4 is 22.9 Å². The summed E-state index contributed by atoms with van der Waals surface area (Å²) in [6.07, 6.45) is 0.260. The summed E-state index contributed by atoms with van der Waals surface area (Å²) in [5, 5.41) is 11.2. The summed E-state index contributed by atoms with van der Waals surface area (Å²) in [7, 11) is 1.66. The van der Waals surface area contributed by atoms with Crippen LogP contribution in [0.5, 0.6) is 11.5 Å². The molecule has 0 aliphatic carbocycles. The molecular weight excluding hydrogens is 434 g/mol. The number of rotatable bonds is 12. The number of para-hydroxylation sites is 1. The van der Waals surface area contributed by atoms with Gasteiger partial charge in [-0.3, -0.25) is 9.69 Å². The first-order valence-electron chi connectivity index (χ1n) is 10.9. The van der Waals surface area contributed by atoms with Crippen LogP contribution in [0.1, 0.15) is 23.8 Å². The Hall–Kier alpha value is -3.34. The van der Waals surface area contributed by atoms with Crippen LogP contribution in [0.4, 0.5) is 5.69 Å². The largest absolute Gasteiger partial charge is 0.496 e. The molecule has 6 nitrogen and oxygen atoms in total. The van der Waals surface area contributed by atoms with Gasteiger partial charge in [0, 0.05) is 35.8 Å². The van der Waals surface area contributed by atoms with E-state index >= 15 is 0 Å². The summed E-state index contributed by atoms with van der Waals surface area (Å²) in [6.45, 7) is 4.29. The van der Waals surface area contributed by atoms with Gasteiger partial charge in [0.05, 0.1) is 32.8 Å². The highest BCUT2D eigenvalue weighted by Gasteiger charge is 2.21. The number of nitrogens with zero attached hydrogens (tertiary/aromatic N) is 3. The van der Waals surface area contributed by atoms with Crippen molar-refractivity contribution < 1.29 is 14.3 Å². The van der Waals surface area contributed by atoms with Crippen molar-refractivity contribution in [1.29, 1.82) is 5.26 Å². The molecule has 0 saturated carbocycles. The van der Waals surface area contributed by atoms with Gasteiger partial charge >= 0.3 is 0 Å². The summed E-state index contributed by atoms with van der Waals surface area (Å²) < 4.78 is 11.0. The molecule has 0 aliphatic rings. The Labute approximate surface area is 199 Å². The lowest BCUT2D eigenvalue weighted by Gasteiger charge is -2.27. The quantitative estimate of drug-likeness (QED) is 0.374. The van der Waals surface area contributed by atoms with Crippen molar-refractivity contribution in [2.75, 3.05) is 31.7 Å². The SMILES string of the molecule is CCOc1ccc(N(CCC#N)C(=O)CN(Cc2cccs2)Cc2ccccc2OC)cc1. The third-order valence-corrected chi connectivity index (χ3v) is 5.97. The number of ether oxygens (including phenoxy) is 2. The highest BCUT2D eigenvalue weighted by Crippen LogP contribution is 2.23. The maximum absolute atomic E-state index is 13.5. The van der Waals surface area contributed by atoms with Gasteiger partial charge in [-0.2, -0.15) is 5.26 Å². The van der Waals surface area contributed by atoms with Gasteiger partial charge in [-0.15, -0.1) is 11.3 Å². The van der Waals surface area contributed by atoms with Gasteiger partial charge < -0.3 is 14.4 Å². The van der Waals surface area contributed by atoms with Gasteiger partial charge in [0.15, 0.2) is 0 Å². The maximum atomic E-state index is 13.5. The molecule has 7 heteroatoms. The van der Waals surface area contributed by atoms with E-state index in [9.17, 15) is 4.79 Å². The molecule has 0 spiro atoms. The Morgan fingerprint density at radius 3 is 2.52 bits per heavy atom. The Morgan fingerprint density at radius 1 is 1.06 bits per heavy atom. The first kappa shape index (κ1) is 24.3. The minimum atomic E-state index is -0.0548. The highest BCUT2D eigenvalue weighted by atomic mass is 32.1. The number of nitriles is 1. The van der Waals surface area contributed by atoms with Gasteiger partial charge in [0.1, 0.15) is 11.5 Å². The fourth-order valence-corrected chi connectivity index (χ4v) is 4.34. The molecule has 1 aromatic heterocycles. The third-order valence-electron chi connectivity index (χ3n) is 5.11. The van der Waals surface area contributed by atoms with E-state index in [1.165, 1.54) is 4.88 Å². The van der Waals surface area contributed by atoms with E-state index in [0.717, 1.165) is 22.7 Å². The van der Waals surface area contributed by atoms with Crippen LogP contribution in [0.25, 0.3) is 0 Å². The Morgan fingerprint density at radius 2 is 1.85 bits per heavy atom. The number of benzene rings is 2. The van der Waals surface area contributed by atoms with Crippen LogP contribution in [-0.2, 0) is 17.9 Å². The second-order valence-corrected chi connectivity index (χ2v) is 8.45. The normalized spacial score (nSPS) is 10.6. The van der Waals surface area contributed by atoms with Gasteiger partial charge in [-0.1, -0.05) is 24.3 Å².